The molecule has 6 nitrogen and oxygen atoms in total. The largest absolute Gasteiger partial charge is 0.299 e. The maximum absolute atomic E-state index is 12.2. The standard InChI is InChI=1S/C22H25N5OS2/c1-16-9-11-17(12-10-16)21-25-26-22(27(21)18-6-3-2-4-7-18)30-15-20(28)24-23-14-19-8-5-13-29-19/h5,8-14,18H,2-4,6-7,15H2,1H3,(H,24,28)/b23-14-. The highest BCUT2D eigenvalue weighted by atomic mass is 32.2. The van der Waals surface area contributed by atoms with Crippen LogP contribution in [0.15, 0.2) is 52.0 Å². The summed E-state index contributed by atoms with van der Waals surface area (Å²) in [4.78, 5) is 13.2. The Labute approximate surface area is 184 Å². The molecule has 0 radical (unpaired) electrons. The molecule has 1 amide bonds. The number of thiophene rings is 1. The van der Waals surface area contributed by atoms with Crippen LogP contribution in [0.4, 0.5) is 0 Å². The van der Waals surface area contributed by atoms with Crippen molar-refractivity contribution in [3.63, 3.8) is 0 Å². The van der Waals surface area contributed by atoms with Crippen LogP contribution in [0.3, 0.4) is 0 Å². The predicted octanol–water partition coefficient (Wildman–Crippen LogP) is 5.06. The van der Waals surface area contributed by atoms with Gasteiger partial charge in [0, 0.05) is 16.5 Å². The summed E-state index contributed by atoms with van der Waals surface area (Å²) in [5, 5.41) is 15.7. The summed E-state index contributed by atoms with van der Waals surface area (Å²) in [6, 6.07) is 12.7. The van der Waals surface area contributed by atoms with Crippen molar-refractivity contribution in [2.45, 2.75) is 50.2 Å². The Kier molecular flexibility index (Phi) is 6.96. The Bertz CT molecular complexity index is 989. The summed E-state index contributed by atoms with van der Waals surface area (Å²) < 4.78 is 2.25. The van der Waals surface area contributed by atoms with Crippen LogP contribution in [0.1, 0.15) is 48.6 Å². The van der Waals surface area contributed by atoms with E-state index >= 15 is 0 Å². The van der Waals surface area contributed by atoms with Crippen LogP contribution in [0.5, 0.6) is 0 Å². The van der Waals surface area contributed by atoms with E-state index in [0.717, 1.165) is 34.3 Å². The topological polar surface area (TPSA) is 72.2 Å². The number of amides is 1. The molecule has 1 saturated carbocycles. The van der Waals surface area contributed by atoms with Gasteiger partial charge in [-0.05, 0) is 31.2 Å². The molecule has 1 aliphatic rings. The Morgan fingerprint density at radius 1 is 1.23 bits per heavy atom. The fourth-order valence-corrected chi connectivity index (χ4v) is 5.02. The molecule has 1 aliphatic carbocycles. The van der Waals surface area contributed by atoms with Crippen LogP contribution < -0.4 is 5.43 Å². The first kappa shape index (κ1) is 20.8. The Morgan fingerprint density at radius 3 is 2.77 bits per heavy atom. The van der Waals surface area contributed by atoms with E-state index in [4.69, 9.17) is 0 Å². The van der Waals surface area contributed by atoms with Gasteiger partial charge in [-0.25, -0.2) is 5.43 Å². The first-order valence-corrected chi connectivity index (χ1v) is 12.1. The molecule has 8 heteroatoms. The molecule has 4 rings (SSSR count). The third-order valence-electron chi connectivity index (χ3n) is 5.17. The van der Waals surface area contributed by atoms with E-state index in [1.807, 2.05) is 17.5 Å². The van der Waals surface area contributed by atoms with Gasteiger partial charge < -0.3 is 0 Å². The minimum absolute atomic E-state index is 0.150. The van der Waals surface area contributed by atoms with E-state index in [1.54, 1.807) is 17.6 Å². The molecule has 2 aromatic heterocycles. The number of carbonyl (C=O) groups is 1. The second kappa shape index (κ2) is 10.0. The lowest BCUT2D eigenvalue weighted by atomic mass is 9.95. The predicted molar refractivity (Wildman–Crippen MR) is 123 cm³/mol. The summed E-state index contributed by atoms with van der Waals surface area (Å²) >= 11 is 3.00. The van der Waals surface area contributed by atoms with Crippen molar-refractivity contribution in [3.8, 4) is 11.4 Å². The normalized spacial score (nSPS) is 15.0. The number of nitrogens with one attached hydrogen (secondary N) is 1. The van der Waals surface area contributed by atoms with Crippen molar-refractivity contribution in [1.82, 2.24) is 20.2 Å². The van der Waals surface area contributed by atoms with Gasteiger partial charge >= 0.3 is 0 Å². The number of rotatable bonds is 7. The monoisotopic (exact) mass is 439 g/mol. The zero-order valence-electron chi connectivity index (χ0n) is 17.0. The molecule has 30 heavy (non-hydrogen) atoms. The molecule has 0 bridgehead atoms. The molecule has 0 atom stereocenters. The lowest BCUT2D eigenvalue weighted by Crippen LogP contribution is -2.20. The van der Waals surface area contributed by atoms with Crippen LogP contribution in [0, 0.1) is 6.92 Å². The van der Waals surface area contributed by atoms with E-state index in [-0.39, 0.29) is 11.7 Å². The maximum atomic E-state index is 12.2. The lowest BCUT2D eigenvalue weighted by Gasteiger charge is -2.25. The van der Waals surface area contributed by atoms with Gasteiger partial charge in [-0.15, -0.1) is 21.5 Å². The molecule has 0 spiro atoms. The molecule has 3 aromatic rings. The quantitative estimate of drug-likeness (QED) is 0.317. The first-order chi connectivity index (χ1) is 14.7. The van der Waals surface area contributed by atoms with Gasteiger partial charge in [0.25, 0.3) is 5.91 Å². The Balaban J connectivity index is 1.48. The number of aryl methyl sites for hydroxylation is 1. The lowest BCUT2D eigenvalue weighted by molar-refractivity contribution is -0.118. The third-order valence-corrected chi connectivity index (χ3v) is 6.92. The second-order valence-corrected chi connectivity index (χ2v) is 9.35. The SMILES string of the molecule is Cc1ccc(-c2nnc(SCC(=O)N/N=C\c3cccs3)n2C2CCCCC2)cc1. The van der Waals surface area contributed by atoms with Gasteiger partial charge in [0.1, 0.15) is 0 Å². The second-order valence-electron chi connectivity index (χ2n) is 7.43. The third kappa shape index (κ3) is 5.17. The summed E-state index contributed by atoms with van der Waals surface area (Å²) in [7, 11) is 0. The average molecular weight is 440 g/mol. The Hall–Kier alpha value is -2.45. The number of hydrogen-bond donors (Lipinski definition) is 1. The molecule has 1 N–H and O–H groups in total. The van der Waals surface area contributed by atoms with E-state index < -0.39 is 0 Å². The van der Waals surface area contributed by atoms with Gasteiger partial charge in [-0.1, -0.05) is 66.9 Å². The Morgan fingerprint density at radius 2 is 2.03 bits per heavy atom. The van der Waals surface area contributed by atoms with Crippen LogP contribution in [0.25, 0.3) is 11.4 Å². The average Bonchev–Trinajstić information content (AvgIpc) is 3.43. The van der Waals surface area contributed by atoms with Crippen LogP contribution in [-0.4, -0.2) is 32.6 Å². The molecule has 1 fully saturated rings. The van der Waals surface area contributed by atoms with Crippen LogP contribution >= 0.6 is 23.1 Å². The van der Waals surface area contributed by atoms with Gasteiger partial charge in [0.05, 0.1) is 12.0 Å². The molecule has 156 valence electrons. The van der Waals surface area contributed by atoms with E-state index in [9.17, 15) is 4.79 Å². The number of hydrazone groups is 1. The smallest absolute Gasteiger partial charge is 0.250 e. The summed E-state index contributed by atoms with van der Waals surface area (Å²) in [6.45, 7) is 2.08. The molecule has 0 unspecified atom stereocenters. The maximum Gasteiger partial charge on any atom is 0.250 e. The van der Waals surface area contributed by atoms with Crippen molar-refractivity contribution in [2.75, 3.05) is 5.75 Å². The molecular weight excluding hydrogens is 414 g/mol. The zero-order chi connectivity index (χ0) is 20.8. The number of carbonyl (C=O) groups excluding carboxylic acids is 1. The summed E-state index contributed by atoms with van der Waals surface area (Å²) in [6.07, 6.45) is 7.64. The van der Waals surface area contributed by atoms with Crippen molar-refractivity contribution in [2.24, 2.45) is 5.10 Å². The van der Waals surface area contributed by atoms with Gasteiger partial charge in [0.2, 0.25) is 0 Å². The highest BCUT2D eigenvalue weighted by Crippen LogP contribution is 2.35. The number of benzene rings is 1. The van der Waals surface area contributed by atoms with Crippen molar-refractivity contribution >= 4 is 35.2 Å². The highest BCUT2D eigenvalue weighted by molar-refractivity contribution is 7.99. The molecule has 0 saturated heterocycles. The van der Waals surface area contributed by atoms with E-state index in [2.05, 4.69) is 56.5 Å². The van der Waals surface area contributed by atoms with Crippen molar-refractivity contribution in [1.29, 1.82) is 0 Å². The van der Waals surface area contributed by atoms with E-state index in [1.165, 1.54) is 36.6 Å². The number of nitrogens with zero attached hydrogens (tertiary/aromatic N) is 4. The van der Waals surface area contributed by atoms with Gasteiger partial charge in [-0.3, -0.25) is 9.36 Å². The zero-order valence-corrected chi connectivity index (χ0v) is 18.6. The van der Waals surface area contributed by atoms with Crippen LogP contribution in [-0.2, 0) is 4.79 Å². The van der Waals surface area contributed by atoms with Crippen LogP contribution in [0.2, 0.25) is 0 Å². The van der Waals surface area contributed by atoms with Gasteiger partial charge in [-0.2, -0.15) is 5.10 Å². The fourth-order valence-electron chi connectivity index (χ4n) is 3.64. The fraction of sp³-hybridized carbons (Fsp3) is 0.364. The van der Waals surface area contributed by atoms with Crippen molar-refractivity contribution in [3.05, 3.63) is 52.2 Å². The molecular formula is C22H25N5OS2. The molecule has 0 aliphatic heterocycles. The van der Waals surface area contributed by atoms with Gasteiger partial charge in [0.15, 0.2) is 11.0 Å². The highest BCUT2D eigenvalue weighted by Gasteiger charge is 2.24. The minimum atomic E-state index is -0.150. The number of hydrogen-bond acceptors (Lipinski definition) is 6. The molecule has 2 heterocycles. The number of aromatic nitrogens is 3. The first-order valence-electron chi connectivity index (χ1n) is 10.2. The minimum Gasteiger partial charge on any atom is -0.299 e. The van der Waals surface area contributed by atoms with Crippen molar-refractivity contribution < 1.29 is 4.79 Å². The molecule has 1 aromatic carbocycles. The number of thioether (sulfide) groups is 1. The summed E-state index contributed by atoms with van der Waals surface area (Å²) in [5.74, 6) is 0.990. The summed E-state index contributed by atoms with van der Waals surface area (Å²) in [5.41, 5.74) is 4.88. The van der Waals surface area contributed by atoms with E-state index in [0.29, 0.717) is 6.04 Å².